The first-order chi connectivity index (χ1) is 6.84. The predicted octanol–water partition coefficient (Wildman–Crippen LogP) is 1.90. The number of halogens is 1. The normalized spacial score (nSPS) is 21.1. The Balaban J connectivity index is 1.85. The van der Waals surface area contributed by atoms with Crippen molar-refractivity contribution < 1.29 is 0 Å². The molecule has 1 unspecified atom stereocenters. The van der Waals surface area contributed by atoms with Crippen LogP contribution in [0.3, 0.4) is 0 Å². The molecule has 0 radical (unpaired) electrons. The summed E-state index contributed by atoms with van der Waals surface area (Å²) in [5.41, 5.74) is 1.04. The Bertz CT molecular complexity index is 297. The number of hydrogen-bond acceptors (Lipinski definition) is 3. The molecule has 1 atom stereocenters. The van der Waals surface area contributed by atoms with Gasteiger partial charge in [0.2, 0.25) is 0 Å². The highest BCUT2D eigenvalue weighted by Crippen LogP contribution is 2.13. The third-order valence-electron chi connectivity index (χ3n) is 2.44. The van der Waals surface area contributed by atoms with Crippen LogP contribution in [0.4, 0.5) is 5.69 Å². The standard InChI is InChI=1S/C10H14ClN3/c11-10-6-8(3-5-13-10)14-7-9-2-1-4-12-9/h3,5-6,9,12H,1-2,4,7H2,(H,13,14). The van der Waals surface area contributed by atoms with Gasteiger partial charge in [0.25, 0.3) is 0 Å². The lowest BCUT2D eigenvalue weighted by molar-refractivity contribution is 0.633. The maximum absolute atomic E-state index is 5.77. The van der Waals surface area contributed by atoms with E-state index in [0.717, 1.165) is 18.8 Å². The molecular formula is C10H14ClN3. The molecule has 0 amide bonds. The Morgan fingerprint density at radius 1 is 1.64 bits per heavy atom. The molecule has 14 heavy (non-hydrogen) atoms. The fourth-order valence-electron chi connectivity index (χ4n) is 1.68. The minimum Gasteiger partial charge on any atom is -0.383 e. The Morgan fingerprint density at radius 3 is 3.29 bits per heavy atom. The summed E-state index contributed by atoms with van der Waals surface area (Å²) in [4.78, 5) is 3.93. The van der Waals surface area contributed by atoms with Gasteiger partial charge in [0.1, 0.15) is 5.15 Å². The molecule has 0 aromatic carbocycles. The molecule has 3 nitrogen and oxygen atoms in total. The molecule has 2 N–H and O–H groups in total. The number of hydrogen-bond donors (Lipinski definition) is 2. The van der Waals surface area contributed by atoms with Gasteiger partial charge in [-0.05, 0) is 31.5 Å². The van der Waals surface area contributed by atoms with E-state index in [2.05, 4.69) is 15.6 Å². The fourth-order valence-corrected chi connectivity index (χ4v) is 1.86. The molecule has 1 aromatic heterocycles. The molecule has 1 saturated heterocycles. The SMILES string of the molecule is Clc1cc(NCC2CCCN2)ccn1. The number of aromatic nitrogens is 1. The van der Waals surface area contributed by atoms with Gasteiger partial charge in [-0.15, -0.1) is 0 Å². The number of nitrogens with zero attached hydrogens (tertiary/aromatic N) is 1. The van der Waals surface area contributed by atoms with Crippen LogP contribution in [0.25, 0.3) is 0 Å². The van der Waals surface area contributed by atoms with E-state index >= 15 is 0 Å². The fraction of sp³-hybridized carbons (Fsp3) is 0.500. The number of anilines is 1. The van der Waals surface area contributed by atoms with Crippen LogP contribution in [0.1, 0.15) is 12.8 Å². The first-order valence-electron chi connectivity index (χ1n) is 4.93. The van der Waals surface area contributed by atoms with E-state index in [1.165, 1.54) is 12.8 Å². The Kier molecular flexibility index (Phi) is 3.22. The Hall–Kier alpha value is -0.800. The van der Waals surface area contributed by atoms with Gasteiger partial charge in [0.05, 0.1) is 0 Å². The summed E-state index contributed by atoms with van der Waals surface area (Å²) in [5, 5.41) is 7.31. The highest BCUT2D eigenvalue weighted by atomic mass is 35.5. The zero-order valence-corrected chi connectivity index (χ0v) is 8.72. The lowest BCUT2D eigenvalue weighted by atomic mass is 10.2. The van der Waals surface area contributed by atoms with E-state index in [4.69, 9.17) is 11.6 Å². The summed E-state index contributed by atoms with van der Waals surface area (Å²) in [5.74, 6) is 0. The van der Waals surface area contributed by atoms with Gasteiger partial charge in [0, 0.05) is 24.5 Å². The Morgan fingerprint density at radius 2 is 2.57 bits per heavy atom. The van der Waals surface area contributed by atoms with Gasteiger partial charge in [-0.2, -0.15) is 0 Å². The molecule has 4 heteroatoms. The highest BCUT2D eigenvalue weighted by Gasteiger charge is 2.12. The topological polar surface area (TPSA) is 37.0 Å². The van der Waals surface area contributed by atoms with E-state index in [1.54, 1.807) is 6.20 Å². The van der Waals surface area contributed by atoms with E-state index in [-0.39, 0.29) is 0 Å². The molecule has 76 valence electrons. The van der Waals surface area contributed by atoms with Crippen molar-refractivity contribution in [3.8, 4) is 0 Å². The summed E-state index contributed by atoms with van der Waals surface area (Å²) >= 11 is 5.77. The summed E-state index contributed by atoms with van der Waals surface area (Å²) in [6, 6.07) is 4.37. The van der Waals surface area contributed by atoms with Gasteiger partial charge in [-0.25, -0.2) is 4.98 Å². The van der Waals surface area contributed by atoms with Gasteiger partial charge < -0.3 is 10.6 Å². The molecule has 0 aliphatic carbocycles. The maximum Gasteiger partial charge on any atom is 0.131 e. The van der Waals surface area contributed by atoms with Crippen molar-refractivity contribution in [2.24, 2.45) is 0 Å². The van der Waals surface area contributed by atoms with Crippen LogP contribution in [0.15, 0.2) is 18.3 Å². The smallest absolute Gasteiger partial charge is 0.131 e. The molecule has 1 aromatic rings. The second-order valence-electron chi connectivity index (χ2n) is 3.54. The van der Waals surface area contributed by atoms with E-state index in [0.29, 0.717) is 11.2 Å². The highest BCUT2D eigenvalue weighted by molar-refractivity contribution is 6.29. The Labute approximate surface area is 88.9 Å². The van der Waals surface area contributed by atoms with Crippen LogP contribution in [0.2, 0.25) is 5.15 Å². The van der Waals surface area contributed by atoms with Crippen molar-refractivity contribution in [3.63, 3.8) is 0 Å². The van der Waals surface area contributed by atoms with Crippen molar-refractivity contribution in [2.75, 3.05) is 18.4 Å². The lowest BCUT2D eigenvalue weighted by Crippen LogP contribution is -2.29. The molecule has 0 bridgehead atoms. The van der Waals surface area contributed by atoms with E-state index in [9.17, 15) is 0 Å². The van der Waals surface area contributed by atoms with Crippen molar-refractivity contribution in [1.29, 1.82) is 0 Å². The minimum absolute atomic E-state index is 0.536. The van der Waals surface area contributed by atoms with Crippen LogP contribution in [-0.4, -0.2) is 24.1 Å². The van der Waals surface area contributed by atoms with Crippen LogP contribution in [0.5, 0.6) is 0 Å². The summed E-state index contributed by atoms with van der Waals surface area (Å²) in [6.07, 6.45) is 4.25. The summed E-state index contributed by atoms with van der Waals surface area (Å²) in [7, 11) is 0. The molecule has 0 spiro atoms. The molecule has 1 fully saturated rings. The van der Waals surface area contributed by atoms with Gasteiger partial charge in [-0.1, -0.05) is 11.6 Å². The third-order valence-corrected chi connectivity index (χ3v) is 2.65. The molecule has 1 aliphatic heterocycles. The van der Waals surface area contributed by atoms with Crippen LogP contribution in [-0.2, 0) is 0 Å². The molecule has 2 heterocycles. The van der Waals surface area contributed by atoms with Gasteiger partial charge in [-0.3, -0.25) is 0 Å². The first-order valence-corrected chi connectivity index (χ1v) is 5.31. The minimum atomic E-state index is 0.536. The van der Waals surface area contributed by atoms with Crippen LogP contribution in [0, 0.1) is 0 Å². The zero-order chi connectivity index (χ0) is 9.80. The largest absolute Gasteiger partial charge is 0.383 e. The summed E-state index contributed by atoms with van der Waals surface area (Å²) < 4.78 is 0. The molecule has 0 saturated carbocycles. The average Bonchev–Trinajstić information content (AvgIpc) is 2.67. The van der Waals surface area contributed by atoms with Crippen molar-refractivity contribution in [2.45, 2.75) is 18.9 Å². The monoisotopic (exact) mass is 211 g/mol. The van der Waals surface area contributed by atoms with Crippen molar-refractivity contribution >= 4 is 17.3 Å². The second kappa shape index (κ2) is 4.62. The lowest BCUT2D eigenvalue weighted by Gasteiger charge is -2.12. The molecule has 2 rings (SSSR count). The molecular weight excluding hydrogens is 198 g/mol. The third kappa shape index (κ3) is 2.59. The van der Waals surface area contributed by atoms with E-state index in [1.807, 2.05) is 12.1 Å². The predicted molar refractivity (Wildman–Crippen MR) is 58.8 cm³/mol. The van der Waals surface area contributed by atoms with Crippen LogP contribution < -0.4 is 10.6 Å². The van der Waals surface area contributed by atoms with Gasteiger partial charge in [0.15, 0.2) is 0 Å². The van der Waals surface area contributed by atoms with Gasteiger partial charge >= 0.3 is 0 Å². The maximum atomic E-state index is 5.77. The first kappa shape index (κ1) is 9.74. The average molecular weight is 212 g/mol. The number of nitrogens with one attached hydrogen (secondary N) is 2. The van der Waals surface area contributed by atoms with Crippen molar-refractivity contribution in [3.05, 3.63) is 23.5 Å². The quantitative estimate of drug-likeness (QED) is 0.750. The second-order valence-corrected chi connectivity index (χ2v) is 3.93. The number of rotatable bonds is 3. The summed E-state index contributed by atoms with van der Waals surface area (Å²) in [6.45, 7) is 2.10. The number of pyridine rings is 1. The zero-order valence-electron chi connectivity index (χ0n) is 7.96. The molecule has 1 aliphatic rings. The van der Waals surface area contributed by atoms with Crippen LogP contribution >= 0.6 is 11.6 Å². The van der Waals surface area contributed by atoms with Crippen molar-refractivity contribution in [1.82, 2.24) is 10.3 Å². The van der Waals surface area contributed by atoms with E-state index < -0.39 is 0 Å².